The first-order valence-electron chi connectivity index (χ1n) is 5.41. The Bertz CT molecular complexity index is 658. The lowest BCUT2D eigenvalue weighted by Crippen LogP contribution is -2.10. The third kappa shape index (κ3) is 2.89. The van der Waals surface area contributed by atoms with Gasteiger partial charge in [0.15, 0.2) is 6.61 Å². The number of alkyl halides is 3. The fourth-order valence-electron chi connectivity index (χ4n) is 1.57. The van der Waals surface area contributed by atoms with E-state index in [1.165, 1.54) is 6.07 Å². The summed E-state index contributed by atoms with van der Waals surface area (Å²) < 4.78 is 44.6. The minimum Gasteiger partial charge on any atom is -0.464 e. The zero-order valence-corrected chi connectivity index (χ0v) is 10.7. The zero-order chi connectivity index (χ0) is 14.8. The van der Waals surface area contributed by atoms with Crippen molar-refractivity contribution in [3.8, 4) is 23.9 Å². The van der Waals surface area contributed by atoms with Crippen molar-refractivity contribution in [3.05, 3.63) is 41.0 Å². The predicted octanol–water partition coefficient (Wildman–Crippen LogP) is 3.56. The number of rotatable bonds is 3. The molecule has 104 valence electrons. The van der Waals surface area contributed by atoms with Gasteiger partial charge in [-0.3, -0.25) is 0 Å². The summed E-state index contributed by atoms with van der Waals surface area (Å²) in [5, 5.41) is 4.06. The van der Waals surface area contributed by atoms with Gasteiger partial charge in [-0.25, -0.2) is 4.68 Å². The second-order valence-corrected chi connectivity index (χ2v) is 4.18. The number of benzene rings is 1. The van der Waals surface area contributed by atoms with Gasteiger partial charge in [0, 0.05) is 5.02 Å². The Morgan fingerprint density at radius 3 is 2.75 bits per heavy atom. The molecule has 0 unspecified atom stereocenters. The number of ether oxygens (including phenoxy) is 1. The van der Waals surface area contributed by atoms with Gasteiger partial charge in [-0.15, -0.1) is 6.42 Å². The van der Waals surface area contributed by atoms with Gasteiger partial charge < -0.3 is 4.74 Å². The fraction of sp³-hybridized carbons (Fsp3) is 0.154. The van der Waals surface area contributed by atoms with Crippen LogP contribution in [0.3, 0.4) is 0 Å². The van der Waals surface area contributed by atoms with Crippen LogP contribution < -0.4 is 4.74 Å². The fourth-order valence-corrected chi connectivity index (χ4v) is 1.76. The normalized spacial score (nSPS) is 11.2. The van der Waals surface area contributed by atoms with E-state index in [4.69, 9.17) is 22.8 Å². The minimum absolute atomic E-state index is 0.296. The molecule has 0 saturated heterocycles. The van der Waals surface area contributed by atoms with Gasteiger partial charge in [0.2, 0.25) is 5.88 Å². The Kier molecular flexibility index (Phi) is 3.91. The number of hydrogen-bond acceptors (Lipinski definition) is 2. The molecule has 0 aliphatic carbocycles. The molecule has 0 N–H and O–H groups in total. The molecule has 0 bridgehead atoms. The maximum absolute atomic E-state index is 12.9. The Labute approximate surface area is 117 Å². The molecular weight excluding hydrogens is 293 g/mol. The molecule has 0 saturated carbocycles. The number of nitrogens with zero attached hydrogens (tertiary/aromatic N) is 2. The standard InChI is InChI=1S/C13H8ClF3N2O/c1-2-6-20-12-11(13(15,16)17)8-18-19(12)10-5-3-4-9(14)7-10/h1,3-5,7-8H,6H2. The molecule has 3 nitrogen and oxygen atoms in total. The summed E-state index contributed by atoms with van der Waals surface area (Å²) >= 11 is 5.81. The Balaban J connectivity index is 2.54. The lowest BCUT2D eigenvalue weighted by molar-refractivity contribution is -0.138. The first-order chi connectivity index (χ1) is 9.43. The molecule has 0 atom stereocenters. The van der Waals surface area contributed by atoms with Crippen LogP contribution in [0.15, 0.2) is 30.5 Å². The molecule has 20 heavy (non-hydrogen) atoms. The molecule has 7 heteroatoms. The number of hydrogen-bond donors (Lipinski definition) is 0. The maximum Gasteiger partial charge on any atom is 0.423 e. The van der Waals surface area contributed by atoms with Crippen LogP contribution in [0.5, 0.6) is 5.88 Å². The Morgan fingerprint density at radius 1 is 1.40 bits per heavy atom. The highest BCUT2D eigenvalue weighted by Crippen LogP contribution is 2.37. The van der Waals surface area contributed by atoms with E-state index in [0.717, 1.165) is 4.68 Å². The van der Waals surface area contributed by atoms with Crippen LogP contribution in [0, 0.1) is 12.3 Å². The van der Waals surface area contributed by atoms with Crippen molar-refractivity contribution in [1.29, 1.82) is 0 Å². The second kappa shape index (κ2) is 5.47. The van der Waals surface area contributed by atoms with Gasteiger partial charge in [-0.2, -0.15) is 18.3 Å². The minimum atomic E-state index is -4.58. The van der Waals surface area contributed by atoms with Gasteiger partial charge in [-0.1, -0.05) is 23.6 Å². The molecular formula is C13H8ClF3N2O. The van der Waals surface area contributed by atoms with E-state index < -0.39 is 17.6 Å². The van der Waals surface area contributed by atoms with Crippen LogP contribution in [0.2, 0.25) is 5.02 Å². The summed E-state index contributed by atoms with van der Waals surface area (Å²) in [6.45, 7) is -0.296. The van der Waals surface area contributed by atoms with Crippen molar-refractivity contribution in [1.82, 2.24) is 9.78 Å². The van der Waals surface area contributed by atoms with Crippen molar-refractivity contribution >= 4 is 11.6 Å². The lowest BCUT2D eigenvalue weighted by Gasteiger charge is -2.11. The van der Waals surface area contributed by atoms with Crippen LogP contribution in [0.4, 0.5) is 13.2 Å². The van der Waals surface area contributed by atoms with E-state index in [0.29, 0.717) is 16.9 Å². The molecule has 2 aromatic rings. The summed E-state index contributed by atoms with van der Waals surface area (Å²) in [5.41, 5.74) is -0.646. The molecule has 0 spiro atoms. The van der Waals surface area contributed by atoms with Crippen LogP contribution in [-0.4, -0.2) is 16.4 Å². The molecule has 0 fully saturated rings. The van der Waals surface area contributed by atoms with Crippen molar-refractivity contribution in [2.45, 2.75) is 6.18 Å². The smallest absolute Gasteiger partial charge is 0.423 e. The molecule has 1 aromatic heterocycles. The SMILES string of the molecule is C#CCOc1c(C(F)(F)F)cnn1-c1cccc(Cl)c1. The molecule has 0 aliphatic rings. The van der Waals surface area contributed by atoms with Gasteiger partial charge in [-0.05, 0) is 18.2 Å². The van der Waals surface area contributed by atoms with Gasteiger partial charge in [0.25, 0.3) is 0 Å². The average Bonchev–Trinajstić information content (AvgIpc) is 2.79. The average molecular weight is 301 g/mol. The third-order valence-electron chi connectivity index (χ3n) is 2.38. The van der Waals surface area contributed by atoms with E-state index in [-0.39, 0.29) is 6.61 Å². The Morgan fingerprint density at radius 2 is 2.15 bits per heavy atom. The van der Waals surface area contributed by atoms with E-state index >= 15 is 0 Å². The number of aromatic nitrogens is 2. The lowest BCUT2D eigenvalue weighted by atomic mass is 10.3. The molecule has 0 radical (unpaired) electrons. The van der Waals surface area contributed by atoms with Crippen molar-refractivity contribution in [2.75, 3.05) is 6.61 Å². The van der Waals surface area contributed by atoms with E-state index in [2.05, 4.69) is 11.0 Å². The Hall–Kier alpha value is -2.13. The highest BCUT2D eigenvalue weighted by atomic mass is 35.5. The summed E-state index contributed by atoms with van der Waals surface area (Å²) in [6, 6.07) is 6.22. The second-order valence-electron chi connectivity index (χ2n) is 3.75. The van der Waals surface area contributed by atoms with E-state index in [9.17, 15) is 13.2 Å². The van der Waals surface area contributed by atoms with Crippen molar-refractivity contribution < 1.29 is 17.9 Å². The number of halogens is 4. The summed E-state index contributed by atoms with van der Waals surface area (Å²) in [5.74, 6) is 1.66. The first kappa shape index (κ1) is 14.3. The monoisotopic (exact) mass is 300 g/mol. The summed E-state index contributed by atoms with van der Waals surface area (Å²) in [7, 11) is 0. The molecule has 1 aromatic carbocycles. The molecule has 2 rings (SSSR count). The van der Waals surface area contributed by atoms with Crippen LogP contribution in [-0.2, 0) is 6.18 Å². The summed E-state index contributed by atoms with van der Waals surface area (Å²) in [4.78, 5) is 0. The highest BCUT2D eigenvalue weighted by Gasteiger charge is 2.37. The quantitative estimate of drug-likeness (QED) is 0.811. The maximum atomic E-state index is 12.9. The predicted molar refractivity (Wildman–Crippen MR) is 67.9 cm³/mol. The number of terminal acetylenes is 1. The topological polar surface area (TPSA) is 27.1 Å². The summed E-state index contributed by atoms with van der Waals surface area (Å²) in [6.07, 6.45) is 1.11. The van der Waals surface area contributed by atoms with Crippen LogP contribution >= 0.6 is 11.6 Å². The van der Waals surface area contributed by atoms with Crippen molar-refractivity contribution in [2.24, 2.45) is 0 Å². The molecule has 0 aliphatic heterocycles. The first-order valence-corrected chi connectivity index (χ1v) is 5.78. The van der Waals surface area contributed by atoms with Gasteiger partial charge >= 0.3 is 6.18 Å². The van der Waals surface area contributed by atoms with E-state index in [1.54, 1.807) is 18.2 Å². The largest absolute Gasteiger partial charge is 0.464 e. The molecule has 0 amide bonds. The van der Waals surface area contributed by atoms with E-state index in [1.807, 2.05) is 0 Å². The van der Waals surface area contributed by atoms with Crippen LogP contribution in [0.1, 0.15) is 5.56 Å². The zero-order valence-electron chi connectivity index (χ0n) is 9.99. The highest BCUT2D eigenvalue weighted by molar-refractivity contribution is 6.30. The molecule has 1 heterocycles. The van der Waals surface area contributed by atoms with Gasteiger partial charge in [0.1, 0.15) is 5.56 Å². The third-order valence-corrected chi connectivity index (χ3v) is 2.61. The van der Waals surface area contributed by atoms with Crippen molar-refractivity contribution in [3.63, 3.8) is 0 Å². The van der Waals surface area contributed by atoms with Crippen LogP contribution in [0.25, 0.3) is 5.69 Å². The van der Waals surface area contributed by atoms with Gasteiger partial charge in [0.05, 0.1) is 11.9 Å².